The van der Waals surface area contributed by atoms with Gasteiger partial charge in [0.25, 0.3) is 0 Å². The van der Waals surface area contributed by atoms with E-state index in [1.807, 2.05) is 11.3 Å². The highest BCUT2D eigenvalue weighted by molar-refractivity contribution is 7.10. The van der Waals surface area contributed by atoms with Crippen LogP contribution < -0.4 is 5.32 Å². The van der Waals surface area contributed by atoms with Crippen molar-refractivity contribution in [2.75, 3.05) is 0 Å². The van der Waals surface area contributed by atoms with Gasteiger partial charge in [0.2, 0.25) is 0 Å². The molecule has 0 fully saturated rings. The van der Waals surface area contributed by atoms with Crippen molar-refractivity contribution in [3.8, 4) is 0 Å². The highest BCUT2D eigenvalue weighted by Gasteiger charge is 2.07. The number of hydrogen-bond acceptors (Lipinski definition) is 2. The van der Waals surface area contributed by atoms with E-state index in [0.717, 1.165) is 13.0 Å². The maximum absolute atomic E-state index is 3.69. The van der Waals surface area contributed by atoms with Crippen molar-refractivity contribution in [3.05, 3.63) is 21.9 Å². The summed E-state index contributed by atoms with van der Waals surface area (Å²) < 4.78 is 0. The molecule has 0 bridgehead atoms. The molecule has 16 heavy (non-hydrogen) atoms. The van der Waals surface area contributed by atoms with E-state index in [9.17, 15) is 0 Å². The number of rotatable bonds is 8. The smallest absolute Gasteiger partial charge is 0.0305 e. The third kappa shape index (κ3) is 4.26. The average Bonchev–Trinajstić information content (AvgIpc) is 2.77. The lowest BCUT2D eigenvalue weighted by atomic mass is 10.1. The molecule has 0 amide bonds. The summed E-state index contributed by atoms with van der Waals surface area (Å²) in [6.07, 6.45) is 6.37. The number of aryl methyl sites for hydroxylation is 1. The van der Waals surface area contributed by atoms with Crippen LogP contribution in [0.25, 0.3) is 0 Å². The molecule has 0 saturated carbocycles. The quantitative estimate of drug-likeness (QED) is 0.710. The van der Waals surface area contributed by atoms with Gasteiger partial charge in [-0.1, -0.05) is 33.6 Å². The van der Waals surface area contributed by atoms with E-state index in [0.29, 0.717) is 6.04 Å². The molecule has 1 aromatic heterocycles. The van der Waals surface area contributed by atoms with Crippen LogP contribution in [0.2, 0.25) is 0 Å². The maximum atomic E-state index is 3.69. The molecule has 92 valence electrons. The standard InChI is InChI=1S/C14H25NS/c1-4-7-8-13(6-3)15-11-14-12(5-2)9-10-16-14/h9-10,13,15H,4-8,11H2,1-3H3. The Kier molecular flexibility index (Phi) is 6.74. The number of thiophene rings is 1. The lowest BCUT2D eigenvalue weighted by Crippen LogP contribution is -2.27. The third-order valence-corrected chi connectivity index (χ3v) is 4.13. The Morgan fingerprint density at radius 1 is 1.31 bits per heavy atom. The van der Waals surface area contributed by atoms with E-state index in [1.165, 1.54) is 36.1 Å². The predicted octanol–water partition coefficient (Wildman–Crippen LogP) is 4.37. The normalized spacial score (nSPS) is 12.9. The van der Waals surface area contributed by atoms with Gasteiger partial charge in [-0.2, -0.15) is 0 Å². The van der Waals surface area contributed by atoms with Gasteiger partial charge in [0.15, 0.2) is 0 Å². The second-order valence-corrected chi connectivity index (χ2v) is 5.35. The summed E-state index contributed by atoms with van der Waals surface area (Å²) in [6, 6.07) is 2.96. The van der Waals surface area contributed by atoms with Crippen LogP contribution in [-0.2, 0) is 13.0 Å². The van der Waals surface area contributed by atoms with E-state index in [2.05, 4.69) is 37.5 Å². The van der Waals surface area contributed by atoms with Gasteiger partial charge in [-0.25, -0.2) is 0 Å². The monoisotopic (exact) mass is 239 g/mol. The molecule has 0 aromatic carbocycles. The zero-order valence-electron chi connectivity index (χ0n) is 10.9. The largest absolute Gasteiger partial charge is 0.309 e. The molecule has 2 heteroatoms. The van der Waals surface area contributed by atoms with E-state index < -0.39 is 0 Å². The minimum Gasteiger partial charge on any atom is -0.309 e. The van der Waals surface area contributed by atoms with Crippen molar-refractivity contribution in [1.82, 2.24) is 5.32 Å². The first-order chi connectivity index (χ1) is 7.81. The van der Waals surface area contributed by atoms with Crippen molar-refractivity contribution < 1.29 is 0 Å². The number of unbranched alkanes of at least 4 members (excludes halogenated alkanes) is 1. The van der Waals surface area contributed by atoms with Gasteiger partial charge in [0, 0.05) is 17.5 Å². The number of nitrogens with one attached hydrogen (secondary N) is 1. The Morgan fingerprint density at radius 3 is 2.75 bits per heavy atom. The Bertz CT molecular complexity index is 280. The Hall–Kier alpha value is -0.340. The molecule has 1 N–H and O–H groups in total. The molecule has 1 unspecified atom stereocenters. The van der Waals surface area contributed by atoms with Crippen molar-refractivity contribution in [2.45, 2.75) is 65.5 Å². The second kappa shape index (κ2) is 7.86. The fourth-order valence-corrected chi connectivity index (χ4v) is 2.90. The minimum atomic E-state index is 0.701. The SMILES string of the molecule is CCCCC(CC)NCc1sccc1CC. The highest BCUT2D eigenvalue weighted by atomic mass is 32.1. The Balaban J connectivity index is 2.36. The summed E-state index contributed by atoms with van der Waals surface area (Å²) in [4.78, 5) is 1.53. The summed E-state index contributed by atoms with van der Waals surface area (Å²) in [6.45, 7) is 7.84. The van der Waals surface area contributed by atoms with Crippen LogP contribution >= 0.6 is 11.3 Å². The summed E-state index contributed by atoms with van der Waals surface area (Å²) >= 11 is 1.89. The first-order valence-electron chi connectivity index (χ1n) is 6.60. The number of hydrogen-bond donors (Lipinski definition) is 1. The lowest BCUT2D eigenvalue weighted by molar-refractivity contribution is 0.453. The van der Waals surface area contributed by atoms with Crippen LogP contribution in [0, 0.1) is 0 Å². The molecule has 0 radical (unpaired) electrons. The fourth-order valence-electron chi connectivity index (χ4n) is 1.98. The minimum absolute atomic E-state index is 0.701. The van der Waals surface area contributed by atoms with Crippen molar-refractivity contribution in [3.63, 3.8) is 0 Å². The topological polar surface area (TPSA) is 12.0 Å². The molecule has 1 atom stereocenters. The Labute approximate surface area is 104 Å². The van der Waals surface area contributed by atoms with Crippen LogP contribution in [0.1, 0.15) is 56.9 Å². The van der Waals surface area contributed by atoms with Crippen LogP contribution in [0.5, 0.6) is 0 Å². The van der Waals surface area contributed by atoms with Gasteiger partial charge in [-0.15, -0.1) is 11.3 Å². The molecular weight excluding hydrogens is 214 g/mol. The molecular formula is C14H25NS. The molecule has 0 saturated heterocycles. The average molecular weight is 239 g/mol. The van der Waals surface area contributed by atoms with E-state index >= 15 is 0 Å². The summed E-state index contributed by atoms with van der Waals surface area (Å²) in [5.41, 5.74) is 1.52. The van der Waals surface area contributed by atoms with Gasteiger partial charge in [0.1, 0.15) is 0 Å². The van der Waals surface area contributed by atoms with E-state index in [1.54, 1.807) is 0 Å². The highest BCUT2D eigenvalue weighted by Crippen LogP contribution is 2.17. The molecule has 0 spiro atoms. The molecule has 1 rings (SSSR count). The van der Waals surface area contributed by atoms with Gasteiger partial charge in [-0.3, -0.25) is 0 Å². The molecule has 1 aromatic rings. The molecule has 0 aliphatic rings. The fraction of sp³-hybridized carbons (Fsp3) is 0.714. The first kappa shape index (κ1) is 13.7. The molecule has 0 aliphatic heterocycles. The van der Waals surface area contributed by atoms with Gasteiger partial charge < -0.3 is 5.32 Å². The second-order valence-electron chi connectivity index (χ2n) is 4.35. The third-order valence-electron chi connectivity index (χ3n) is 3.17. The van der Waals surface area contributed by atoms with Gasteiger partial charge in [-0.05, 0) is 36.3 Å². The summed E-state index contributed by atoms with van der Waals surface area (Å²) in [5, 5.41) is 5.90. The van der Waals surface area contributed by atoms with Crippen LogP contribution in [-0.4, -0.2) is 6.04 Å². The first-order valence-corrected chi connectivity index (χ1v) is 7.48. The van der Waals surface area contributed by atoms with Gasteiger partial charge in [0.05, 0.1) is 0 Å². The summed E-state index contributed by atoms with van der Waals surface area (Å²) in [5.74, 6) is 0. The van der Waals surface area contributed by atoms with Crippen LogP contribution in [0.3, 0.4) is 0 Å². The lowest BCUT2D eigenvalue weighted by Gasteiger charge is -2.16. The van der Waals surface area contributed by atoms with Crippen LogP contribution in [0.15, 0.2) is 11.4 Å². The predicted molar refractivity (Wildman–Crippen MR) is 74.1 cm³/mol. The molecule has 0 aliphatic carbocycles. The van der Waals surface area contributed by atoms with Crippen molar-refractivity contribution in [2.24, 2.45) is 0 Å². The van der Waals surface area contributed by atoms with Crippen molar-refractivity contribution in [1.29, 1.82) is 0 Å². The zero-order valence-corrected chi connectivity index (χ0v) is 11.7. The van der Waals surface area contributed by atoms with E-state index in [-0.39, 0.29) is 0 Å². The Morgan fingerprint density at radius 2 is 2.12 bits per heavy atom. The van der Waals surface area contributed by atoms with Crippen LogP contribution in [0.4, 0.5) is 0 Å². The van der Waals surface area contributed by atoms with E-state index in [4.69, 9.17) is 0 Å². The van der Waals surface area contributed by atoms with Crippen molar-refractivity contribution >= 4 is 11.3 Å². The maximum Gasteiger partial charge on any atom is 0.0305 e. The molecule has 1 heterocycles. The zero-order chi connectivity index (χ0) is 11.8. The van der Waals surface area contributed by atoms with Gasteiger partial charge >= 0.3 is 0 Å². The molecule has 1 nitrogen and oxygen atoms in total. The summed E-state index contributed by atoms with van der Waals surface area (Å²) in [7, 11) is 0.